The lowest BCUT2D eigenvalue weighted by molar-refractivity contribution is -0.146. The molecule has 100 valence electrons. The van der Waals surface area contributed by atoms with E-state index < -0.39 is 12.2 Å². The Balaban J connectivity index is 2.08. The van der Waals surface area contributed by atoms with Crippen LogP contribution in [0, 0.1) is 6.92 Å². The highest BCUT2D eigenvalue weighted by atomic mass is 35.5. The Labute approximate surface area is 115 Å². The van der Waals surface area contributed by atoms with Gasteiger partial charge < -0.3 is 10.5 Å². The molecule has 0 aliphatic carbocycles. The van der Waals surface area contributed by atoms with E-state index in [1.165, 1.54) is 4.90 Å². The van der Waals surface area contributed by atoms with E-state index in [-0.39, 0.29) is 11.8 Å². The van der Waals surface area contributed by atoms with Gasteiger partial charge in [-0.2, -0.15) is 0 Å². The highest BCUT2D eigenvalue weighted by molar-refractivity contribution is 6.33. The number of rotatable bonds is 1. The monoisotopic (exact) mass is 280 g/mol. The van der Waals surface area contributed by atoms with Crippen molar-refractivity contribution in [1.82, 2.24) is 0 Å². The van der Waals surface area contributed by atoms with E-state index in [4.69, 9.17) is 22.1 Å². The van der Waals surface area contributed by atoms with Crippen LogP contribution < -0.4 is 10.6 Å². The fourth-order valence-electron chi connectivity index (χ4n) is 2.57. The molecule has 19 heavy (non-hydrogen) atoms. The van der Waals surface area contributed by atoms with Crippen molar-refractivity contribution >= 4 is 34.8 Å². The van der Waals surface area contributed by atoms with Crippen molar-refractivity contribution in [3.05, 3.63) is 22.7 Å². The minimum Gasteiger partial charge on any atom is -0.398 e. The maximum atomic E-state index is 12.2. The van der Waals surface area contributed by atoms with Crippen molar-refractivity contribution in [2.75, 3.05) is 10.6 Å². The van der Waals surface area contributed by atoms with Crippen molar-refractivity contribution in [3.8, 4) is 0 Å². The summed E-state index contributed by atoms with van der Waals surface area (Å²) in [5.41, 5.74) is 7.38. The predicted molar refractivity (Wildman–Crippen MR) is 71.0 cm³/mol. The number of fused-ring (bicyclic) bond motifs is 2. The molecule has 3 rings (SSSR count). The molecular formula is C13H13ClN2O3. The van der Waals surface area contributed by atoms with E-state index in [0.717, 1.165) is 5.56 Å². The number of hydrogen-bond acceptors (Lipinski definition) is 4. The average Bonchev–Trinajstić information content (AvgIpc) is 2.80. The van der Waals surface area contributed by atoms with E-state index in [0.29, 0.717) is 29.2 Å². The van der Waals surface area contributed by atoms with Crippen LogP contribution in [0.1, 0.15) is 18.4 Å². The number of amides is 2. The molecule has 6 heteroatoms. The summed E-state index contributed by atoms with van der Waals surface area (Å²) in [6.45, 7) is 1.79. The first kappa shape index (κ1) is 12.4. The van der Waals surface area contributed by atoms with Gasteiger partial charge in [0.2, 0.25) is 0 Å². The quantitative estimate of drug-likeness (QED) is 0.627. The Kier molecular flexibility index (Phi) is 2.76. The average molecular weight is 281 g/mol. The number of halogens is 1. The van der Waals surface area contributed by atoms with Crippen LogP contribution in [-0.2, 0) is 14.3 Å². The molecule has 0 spiro atoms. The van der Waals surface area contributed by atoms with Crippen LogP contribution in [0.3, 0.4) is 0 Å². The molecule has 2 aliphatic heterocycles. The van der Waals surface area contributed by atoms with Crippen molar-refractivity contribution in [2.45, 2.75) is 32.0 Å². The Hall–Kier alpha value is -1.59. The number of imide groups is 1. The molecule has 2 unspecified atom stereocenters. The summed E-state index contributed by atoms with van der Waals surface area (Å²) in [5, 5.41) is 0.333. The van der Waals surface area contributed by atoms with Gasteiger partial charge >= 0.3 is 0 Å². The predicted octanol–water partition coefficient (Wildman–Crippen LogP) is 1.65. The fraction of sp³-hybridized carbons (Fsp3) is 0.385. The summed E-state index contributed by atoms with van der Waals surface area (Å²) < 4.78 is 5.37. The van der Waals surface area contributed by atoms with Crippen molar-refractivity contribution < 1.29 is 14.3 Å². The molecule has 2 heterocycles. The Morgan fingerprint density at radius 1 is 1.26 bits per heavy atom. The van der Waals surface area contributed by atoms with Gasteiger partial charge in [0.15, 0.2) is 0 Å². The van der Waals surface area contributed by atoms with Crippen molar-refractivity contribution in [1.29, 1.82) is 0 Å². The lowest BCUT2D eigenvalue weighted by atomic mass is 10.1. The Morgan fingerprint density at radius 3 is 2.42 bits per heavy atom. The second-order valence-electron chi connectivity index (χ2n) is 4.86. The van der Waals surface area contributed by atoms with Gasteiger partial charge in [-0.05, 0) is 37.5 Å². The number of nitrogens with two attached hydrogens (primary N) is 1. The largest absolute Gasteiger partial charge is 0.398 e. The van der Waals surface area contributed by atoms with Crippen molar-refractivity contribution in [2.24, 2.45) is 0 Å². The van der Waals surface area contributed by atoms with Crippen LogP contribution in [0.25, 0.3) is 0 Å². The fourth-order valence-corrected chi connectivity index (χ4v) is 2.73. The van der Waals surface area contributed by atoms with E-state index in [1.807, 2.05) is 0 Å². The third-order valence-corrected chi connectivity index (χ3v) is 3.89. The SMILES string of the molecule is Cc1cc(N)c(Cl)cc1N1C(=O)C2CCC(O2)C1=O. The first-order chi connectivity index (χ1) is 8.99. The number of aryl methyl sites for hydroxylation is 1. The van der Waals surface area contributed by atoms with Gasteiger partial charge in [-0.25, -0.2) is 4.90 Å². The maximum Gasteiger partial charge on any atom is 0.262 e. The zero-order valence-corrected chi connectivity index (χ0v) is 11.1. The molecule has 0 aromatic heterocycles. The summed E-state index contributed by atoms with van der Waals surface area (Å²) >= 11 is 5.98. The molecule has 2 saturated heterocycles. The standard InChI is InChI=1S/C13H13ClN2O3/c1-6-4-8(15)7(14)5-9(6)16-12(17)10-2-3-11(19-10)13(16)18/h4-5,10-11H,2-3,15H2,1H3. The second-order valence-corrected chi connectivity index (χ2v) is 5.27. The molecule has 2 aliphatic rings. The molecule has 1 aromatic rings. The third kappa shape index (κ3) is 1.81. The van der Waals surface area contributed by atoms with Gasteiger partial charge in [0.1, 0.15) is 12.2 Å². The van der Waals surface area contributed by atoms with E-state index >= 15 is 0 Å². The Morgan fingerprint density at radius 2 is 1.84 bits per heavy atom. The number of nitrogen functional groups attached to an aromatic ring is 1. The van der Waals surface area contributed by atoms with Gasteiger partial charge in [-0.15, -0.1) is 0 Å². The number of hydrogen-bond donors (Lipinski definition) is 1. The maximum absolute atomic E-state index is 12.2. The third-order valence-electron chi connectivity index (χ3n) is 3.57. The second kappa shape index (κ2) is 4.21. The number of morpholine rings is 1. The van der Waals surface area contributed by atoms with E-state index in [2.05, 4.69) is 0 Å². The van der Waals surface area contributed by atoms with Gasteiger partial charge in [0.05, 0.1) is 16.4 Å². The summed E-state index contributed by atoms with van der Waals surface area (Å²) in [6, 6.07) is 3.22. The van der Waals surface area contributed by atoms with Crippen LogP contribution in [0.4, 0.5) is 11.4 Å². The molecule has 0 radical (unpaired) electrons. The number of carbonyl (C=O) groups is 2. The van der Waals surface area contributed by atoms with Crippen LogP contribution in [0.5, 0.6) is 0 Å². The normalized spacial score (nSPS) is 26.1. The lowest BCUT2D eigenvalue weighted by Crippen LogP contribution is -2.52. The van der Waals surface area contributed by atoms with Gasteiger partial charge in [0, 0.05) is 0 Å². The molecule has 2 fully saturated rings. The summed E-state index contributed by atoms with van der Waals surface area (Å²) in [5.74, 6) is -0.634. The zero-order chi connectivity index (χ0) is 13.7. The summed E-state index contributed by atoms with van der Waals surface area (Å²) in [4.78, 5) is 25.7. The molecular weight excluding hydrogens is 268 g/mol. The molecule has 0 saturated carbocycles. The van der Waals surface area contributed by atoms with Crippen LogP contribution in [-0.4, -0.2) is 24.0 Å². The van der Waals surface area contributed by atoms with Crippen molar-refractivity contribution in [3.63, 3.8) is 0 Å². The topological polar surface area (TPSA) is 72.6 Å². The zero-order valence-electron chi connectivity index (χ0n) is 10.4. The van der Waals surface area contributed by atoms with Crippen LogP contribution in [0.2, 0.25) is 5.02 Å². The molecule has 2 N–H and O–H groups in total. The van der Waals surface area contributed by atoms with Gasteiger partial charge in [0.25, 0.3) is 11.8 Å². The smallest absolute Gasteiger partial charge is 0.262 e. The Bertz CT molecular complexity index is 565. The number of ether oxygens (including phenoxy) is 1. The van der Waals surface area contributed by atoms with Crippen LogP contribution >= 0.6 is 11.6 Å². The lowest BCUT2D eigenvalue weighted by Gasteiger charge is -2.31. The number of benzene rings is 1. The summed E-state index contributed by atoms with van der Waals surface area (Å²) in [7, 11) is 0. The minimum absolute atomic E-state index is 0.317. The molecule has 5 nitrogen and oxygen atoms in total. The molecule has 2 amide bonds. The van der Waals surface area contributed by atoms with Gasteiger partial charge in [-0.3, -0.25) is 9.59 Å². The molecule has 1 aromatic carbocycles. The molecule has 2 bridgehead atoms. The number of nitrogens with zero attached hydrogens (tertiary/aromatic N) is 1. The molecule has 2 atom stereocenters. The number of carbonyl (C=O) groups excluding carboxylic acids is 2. The van der Waals surface area contributed by atoms with E-state index in [1.54, 1.807) is 19.1 Å². The minimum atomic E-state index is -0.515. The van der Waals surface area contributed by atoms with E-state index in [9.17, 15) is 9.59 Å². The highest BCUT2D eigenvalue weighted by Gasteiger charge is 2.47. The van der Waals surface area contributed by atoms with Gasteiger partial charge in [-0.1, -0.05) is 11.6 Å². The van der Waals surface area contributed by atoms with Crippen LogP contribution in [0.15, 0.2) is 12.1 Å². The highest BCUT2D eigenvalue weighted by Crippen LogP contribution is 2.35. The first-order valence-electron chi connectivity index (χ1n) is 6.08. The first-order valence-corrected chi connectivity index (χ1v) is 6.45. The number of anilines is 2. The summed E-state index contributed by atoms with van der Waals surface area (Å²) in [6.07, 6.45) is 0.151.